The van der Waals surface area contributed by atoms with E-state index in [1.54, 1.807) is 0 Å². The maximum Gasteiger partial charge on any atom is 0.417 e. The first-order valence-electron chi connectivity index (χ1n) is 6.45. The zero-order chi connectivity index (χ0) is 14.9. The minimum Gasteiger partial charge on any atom is -0.349 e. The van der Waals surface area contributed by atoms with Crippen LogP contribution in [0.25, 0.3) is 0 Å². The van der Waals surface area contributed by atoms with E-state index in [0.29, 0.717) is 10.4 Å². The van der Waals surface area contributed by atoms with Crippen LogP contribution in [0, 0.1) is 5.92 Å². The predicted octanol–water partition coefficient (Wildman–Crippen LogP) is 4.39. The number of carbonyl (C=O) groups excluding carboxylic acids is 1. The number of hydrogen-bond donors (Lipinski definition) is 1. The van der Waals surface area contributed by atoms with E-state index in [2.05, 4.69) is 28.2 Å². The van der Waals surface area contributed by atoms with E-state index in [1.807, 2.05) is 0 Å². The van der Waals surface area contributed by atoms with Crippen LogP contribution in [0.5, 0.6) is 0 Å². The van der Waals surface area contributed by atoms with Crippen LogP contribution in [0.15, 0.2) is 22.7 Å². The monoisotopic (exact) mass is 349 g/mol. The van der Waals surface area contributed by atoms with Crippen molar-refractivity contribution in [3.8, 4) is 0 Å². The van der Waals surface area contributed by atoms with Crippen LogP contribution in [-0.2, 0) is 6.18 Å². The molecule has 20 heavy (non-hydrogen) atoms. The molecule has 1 N–H and O–H groups in total. The summed E-state index contributed by atoms with van der Waals surface area (Å²) in [5.41, 5.74) is -1.23. The number of rotatable bonds is 2. The van der Waals surface area contributed by atoms with Gasteiger partial charge in [-0.15, -0.1) is 0 Å². The van der Waals surface area contributed by atoms with Crippen LogP contribution in [-0.4, -0.2) is 11.9 Å². The predicted molar refractivity (Wildman–Crippen MR) is 73.4 cm³/mol. The summed E-state index contributed by atoms with van der Waals surface area (Å²) in [6.07, 6.45) is -1.90. The van der Waals surface area contributed by atoms with Crippen molar-refractivity contribution >= 4 is 21.8 Å². The van der Waals surface area contributed by atoms with E-state index in [1.165, 1.54) is 12.1 Å². The quantitative estimate of drug-likeness (QED) is 0.842. The molecule has 2 unspecified atom stereocenters. The second-order valence-corrected chi connectivity index (χ2v) is 6.19. The molecule has 1 aromatic carbocycles. The van der Waals surface area contributed by atoms with E-state index in [9.17, 15) is 18.0 Å². The summed E-state index contributed by atoms with van der Waals surface area (Å²) in [5.74, 6) is -0.142. The molecular formula is C14H15BrF3NO. The van der Waals surface area contributed by atoms with Crippen LogP contribution in [0.4, 0.5) is 13.2 Å². The van der Waals surface area contributed by atoms with Crippen LogP contribution in [0.2, 0.25) is 0 Å². The van der Waals surface area contributed by atoms with Crippen molar-refractivity contribution in [2.24, 2.45) is 5.92 Å². The second kappa shape index (κ2) is 5.76. The largest absolute Gasteiger partial charge is 0.417 e. The van der Waals surface area contributed by atoms with Crippen LogP contribution in [0.1, 0.15) is 42.1 Å². The minimum absolute atomic E-state index is 0.0257. The smallest absolute Gasteiger partial charge is 0.349 e. The van der Waals surface area contributed by atoms with E-state index in [4.69, 9.17) is 0 Å². The Kier molecular flexibility index (Phi) is 4.42. The summed E-state index contributed by atoms with van der Waals surface area (Å²) in [4.78, 5) is 12.1. The Bertz CT molecular complexity index is 516. The Balaban J connectivity index is 2.21. The number of alkyl halides is 3. The van der Waals surface area contributed by atoms with Crippen molar-refractivity contribution < 1.29 is 18.0 Å². The van der Waals surface area contributed by atoms with Gasteiger partial charge < -0.3 is 5.32 Å². The lowest BCUT2D eigenvalue weighted by Gasteiger charge is -2.16. The van der Waals surface area contributed by atoms with Crippen molar-refractivity contribution in [2.45, 2.75) is 38.4 Å². The molecule has 1 saturated carbocycles. The first kappa shape index (κ1) is 15.4. The van der Waals surface area contributed by atoms with Gasteiger partial charge in [-0.05, 0) is 43.4 Å². The molecular weight excluding hydrogens is 335 g/mol. The third-order valence-electron chi connectivity index (χ3n) is 3.56. The maximum absolute atomic E-state index is 13.0. The number of amides is 1. The van der Waals surface area contributed by atoms with Gasteiger partial charge in [0, 0.05) is 10.5 Å². The Labute approximate surface area is 123 Å². The first-order chi connectivity index (χ1) is 9.27. The van der Waals surface area contributed by atoms with Crippen LogP contribution >= 0.6 is 15.9 Å². The van der Waals surface area contributed by atoms with Gasteiger partial charge in [0.15, 0.2) is 0 Å². The number of halogens is 4. The molecule has 2 atom stereocenters. The summed E-state index contributed by atoms with van der Waals surface area (Å²) < 4.78 is 39.2. The fourth-order valence-corrected chi connectivity index (χ4v) is 2.91. The van der Waals surface area contributed by atoms with Crippen molar-refractivity contribution in [2.75, 3.05) is 0 Å². The third-order valence-corrected chi connectivity index (χ3v) is 4.05. The highest BCUT2D eigenvalue weighted by molar-refractivity contribution is 9.10. The normalized spacial score (nSPS) is 22.9. The standard InChI is InChI=1S/C14H15BrF3NO/c1-8-2-4-10(6-8)19-13(20)11-5-3-9(15)7-12(11)14(16,17)18/h3,5,7-8,10H,2,4,6H2,1H3,(H,19,20). The average molecular weight is 350 g/mol. The topological polar surface area (TPSA) is 29.1 Å². The van der Waals surface area contributed by atoms with Crippen molar-refractivity contribution in [1.82, 2.24) is 5.32 Å². The summed E-state index contributed by atoms with van der Waals surface area (Å²) in [6.45, 7) is 2.08. The van der Waals surface area contributed by atoms with Crippen LogP contribution in [0.3, 0.4) is 0 Å². The van der Waals surface area contributed by atoms with Gasteiger partial charge in [-0.3, -0.25) is 4.79 Å². The number of benzene rings is 1. The van der Waals surface area contributed by atoms with E-state index in [-0.39, 0.29) is 11.6 Å². The Morgan fingerprint density at radius 1 is 1.35 bits per heavy atom. The number of hydrogen-bond acceptors (Lipinski definition) is 1. The fourth-order valence-electron chi connectivity index (χ4n) is 2.55. The van der Waals surface area contributed by atoms with E-state index in [0.717, 1.165) is 25.3 Å². The molecule has 110 valence electrons. The van der Waals surface area contributed by atoms with E-state index < -0.39 is 17.6 Å². The first-order valence-corrected chi connectivity index (χ1v) is 7.24. The highest BCUT2D eigenvalue weighted by Gasteiger charge is 2.36. The summed E-state index contributed by atoms with van der Waals surface area (Å²) in [7, 11) is 0. The average Bonchev–Trinajstić information content (AvgIpc) is 2.73. The molecule has 0 aliphatic heterocycles. The third kappa shape index (κ3) is 3.53. The zero-order valence-electron chi connectivity index (χ0n) is 10.9. The molecule has 2 rings (SSSR count). The summed E-state index contributed by atoms with van der Waals surface area (Å²) in [6, 6.07) is 3.57. The fraction of sp³-hybridized carbons (Fsp3) is 0.500. The Morgan fingerprint density at radius 3 is 2.60 bits per heavy atom. The summed E-state index contributed by atoms with van der Waals surface area (Å²) >= 11 is 3.00. The Hall–Kier alpha value is -1.04. The SMILES string of the molecule is CC1CCC(NC(=O)c2ccc(Br)cc2C(F)(F)F)C1. The number of carbonyl (C=O) groups is 1. The van der Waals surface area contributed by atoms with Gasteiger partial charge in [0.05, 0.1) is 11.1 Å². The molecule has 0 aromatic heterocycles. The highest BCUT2D eigenvalue weighted by atomic mass is 79.9. The highest BCUT2D eigenvalue weighted by Crippen LogP contribution is 2.34. The molecule has 0 radical (unpaired) electrons. The van der Waals surface area contributed by atoms with E-state index >= 15 is 0 Å². The zero-order valence-corrected chi connectivity index (χ0v) is 12.5. The minimum atomic E-state index is -4.54. The van der Waals surface area contributed by atoms with Gasteiger partial charge >= 0.3 is 6.18 Å². The molecule has 1 fully saturated rings. The molecule has 1 aliphatic rings. The van der Waals surface area contributed by atoms with Gasteiger partial charge in [0.25, 0.3) is 5.91 Å². The van der Waals surface area contributed by atoms with Crippen molar-refractivity contribution in [3.63, 3.8) is 0 Å². The molecule has 0 saturated heterocycles. The number of nitrogens with one attached hydrogen (secondary N) is 1. The van der Waals surface area contributed by atoms with Gasteiger partial charge in [-0.2, -0.15) is 13.2 Å². The van der Waals surface area contributed by atoms with Gasteiger partial charge in [-0.1, -0.05) is 22.9 Å². The Morgan fingerprint density at radius 2 is 2.05 bits per heavy atom. The van der Waals surface area contributed by atoms with Crippen molar-refractivity contribution in [1.29, 1.82) is 0 Å². The van der Waals surface area contributed by atoms with Gasteiger partial charge in [-0.25, -0.2) is 0 Å². The molecule has 0 spiro atoms. The molecule has 0 bridgehead atoms. The molecule has 6 heteroatoms. The molecule has 1 aromatic rings. The lowest BCUT2D eigenvalue weighted by molar-refractivity contribution is -0.138. The van der Waals surface area contributed by atoms with Crippen molar-refractivity contribution in [3.05, 3.63) is 33.8 Å². The lowest BCUT2D eigenvalue weighted by Crippen LogP contribution is -2.34. The van der Waals surface area contributed by atoms with Crippen LogP contribution < -0.4 is 5.32 Å². The van der Waals surface area contributed by atoms with Gasteiger partial charge in [0.2, 0.25) is 0 Å². The second-order valence-electron chi connectivity index (χ2n) is 5.28. The molecule has 1 aliphatic carbocycles. The van der Waals surface area contributed by atoms with Gasteiger partial charge in [0.1, 0.15) is 0 Å². The molecule has 2 nitrogen and oxygen atoms in total. The molecule has 1 amide bonds. The lowest BCUT2D eigenvalue weighted by atomic mass is 10.1. The maximum atomic E-state index is 13.0. The molecule has 0 heterocycles. The summed E-state index contributed by atoms with van der Waals surface area (Å²) in [5, 5.41) is 2.70.